The van der Waals surface area contributed by atoms with Crippen LogP contribution in [0, 0.1) is 0 Å². The molecule has 0 bridgehead atoms. The summed E-state index contributed by atoms with van der Waals surface area (Å²) in [6.45, 7) is 3.29. The van der Waals surface area contributed by atoms with Gasteiger partial charge in [0.2, 0.25) is 0 Å². The smallest absolute Gasteiger partial charge is 0.358 e. The summed E-state index contributed by atoms with van der Waals surface area (Å²) in [6.07, 6.45) is 4.62. The number of nitrogens with zero attached hydrogens (tertiary/aromatic N) is 3. The molecule has 6 heteroatoms. The summed E-state index contributed by atoms with van der Waals surface area (Å²) in [7, 11) is 1.32. The third kappa shape index (κ3) is 3.09. The Balaban J connectivity index is 2.20. The predicted octanol–water partition coefficient (Wildman–Crippen LogP) is 1.88. The maximum Gasteiger partial charge on any atom is 0.358 e. The molecule has 19 heavy (non-hydrogen) atoms. The van der Waals surface area contributed by atoms with E-state index in [2.05, 4.69) is 14.7 Å². The Kier molecular flexibility index (Phi) is 4.12. The molecular weight excluding hydrogens is 246 g/mol. The van der Waals surface area contributed by atoms with Crippen LogP contribution in [0.1, 0.15) is 23.2 Å². The van der Waals surface area contributed by atoms with Gasteiger partial charge in [-0.05, 0) is 19.1 Å². The highest BCUT2D eigenvalue weighted by molar-refractivity contribution is 5.87. The largest absolute Gasteiger partial charge is 0.467 e. The van der Waals surface area contributed by atoms with Crippen molar-refractivity contribution in [1.29, 1.82) is 0 Å². The Morgan fingerprint density at radius 1 is 1.47 bits per heavy atom. The van der Waals surface area contributed by atoms with Crippen molar-refractivity contribution in [2.24, 2.45) is 0 Å². The number of rotatable bonds is 5. The zero-order chi connectivity index (χ0) is 13.7. The van der Waals surface area contributed by atoms with Crippen molar-refractivity contribution >= 4 is 11.8 Å². The summed E-state index contributed by atoms with van der Waals surface area (Å²) in [5.41, 5.74) is 0.192. The van der Waals surface area contributed by atoms with Gasteiger partial charge in [0, 0.05) is 6.54 Å². The van der Waals surface area contributed by atoms with Gasteiger partial charge >= 0.3 is 5.97 Å². The molecule has 0 radical (unpaired) electrons. The molecule has 0 amide bonds. The number of anilines is 1. The minimum atomic E-state index is -0.497. The SMILES string of the molecule is CCN(Cc1ccco1)c1cncc(C(=O)OC)n1. The second kappa shape index (κ2) is 5.99. The molecule has 2 rings (SSSR count). The Morgan fingerprint density at radius 3 is 2.95 bits per heavy atom. The fourth-order valence-corrected chi connectivity index (χ4v) is 1.66. The molecule has 0 saturated carbocycles. The molecule has 0 spiro atoms. The minimum Gasteiger partial charge on any atom is -0.467 e. The van der Waals surface area contributed by atoms with Crippen molar-refractivity contribution in [3.8, 4) is 0 Å². The topological polar surface area (TPSA) is 68.5 Å². The van der Waals surface area contributed by atoms with Gasteiger partial charge in [-0.15, -0.1) is 0 Å². The first-order chi connectivity index (χ1) is 9.24. The van der Waals surface area contributed by atoms with Gasteiger partial charge in [-0.2, -0.15) is 0 Å². The van der Waals surface area contributed by atoms with Gasteiger partial charge in [-0.3, -0.25) is 4.98 Å². The van der Waals surface area contributed by atoms with E-state index < -0.39 is 5.97 Å². The van der Waals surface area contributed by atoms with E-state index in [1.165, 1.54) is 13.3 Å². The van der Waals surface area contributed by atoms with E-state index in [9.17, 15) is 4.79 Å². The van der Waals surface area contributed by atoms with Crippen LogP contribution in [0.2, 0.25) is 0 Å². The standard InChI is InChI=1S/C13H15N3O3/c1-3-16(9-10-5-4-6-19-10)12-8-14-7-11(15-12)13(17)18-2/h4-8H,3,9H2,1-2H3. The van der Waals surface area contributed by atoms with Crippen molar-refractivity contribution in [1.82, 2.24) is 9.97 Å². The van der Waals surface area contributed by atoms with Crippen LogP contribution in [0.3, 0.4) is 0 Å². The van der Waals surface area contributed by atoms with Crippen LogP contribution < -0.4 is 4.90 Å². The van der Waals surface area contributed by atoms with Gasteiger partial charge in [0.05, 0.1) is 32.3 Å². The maximum absolute atomic E-state index is 11.4. The van der Waals surface area contributed by atoms with Gasteiger partial charge in [-0.1, -0.05) is 0 Å². The molecule has 6 nitrogen and oxygen atoms in total. The summed E-state index contributed by atoms with van der Waals surface area (Å²) in [4.78, 5) is 21.6. The normalized spacial score (nSPS) is 10.2. The average Bonchev–Trinajstić information content (AvgIpc) is 2.97. The van der Waals surface area contributed by atoms with Crippen molar-refractivity contribution in [2.75, 3.05) is 18.6 Å². The monoisotopic (exact) mass is 261 g/mol. The average molecular weight is 261 g/mol. The molecule has 0 aromatic carbocycles. The number of carbonyl (C=O) groups is 1. The number of hydrogen-bond donors (Lipinski definition) is 0. The lowest BCUT2D eigenvalue weighted by atomic mass is 10.3. The van der Waals surface area contributed by atoms with Crippen molar-refractivity contribution in [3.63, 3.8) is 0 Å². The lowest BCUT2D eigenvalue weighted by molar-refractivity contribution is 0.0593. The molecule has 2 aromatic heterocycles. The summed E-state index contributed by atoms with van der Waals surface area (Å²) in [5, 5.41) is 0. The van der Waals surface area contributed by atoms with Crippen LogP contribution in [0.5, 0.6) is 0 Å². The van der Waals surface area contributed by atoms with Crippen LogP contribution in [0.15, 0.2) is 35.2 Å². The Labute approximate surface area is 111 Å². The van der Waals surface area contributed by atoms with E-state index in [-0.39, 0.29) is 5.69 Å². The van der Waals surface area contributed by atoms with Crippen molar-refractivity contribution in [3.05, 3.63) is 42.2 Å². The zero-order valence-corrected chi connectivity index (χ0v) is 10.9. The molecule has 2 aromatic rings. The van der Waals surface area contributed by atoms with E-state index in [1.54, 1.807) is 12.5 Å². The molecule has 100 valence electrons. The maximum atomic E-state index is 11.4. The Hall–Kier alpha value is -2.37. The fraction of sp³-hybridized carbons (Fsp3) is 0.308. The third-order valence-electron chi connectivity index (χ3n) is 2.65. The summed E-state index contributed by atoms with van der Waals surface area (Å²) in [5.74, 6) is 0.942. The van der Waals surface area contributed by atoms with Crippen LogP contribution in [-0.4, -0.2) is 29.6 Å². The lowest BCUT2D eigenvalue weighted by Gasteiger charge is -2.20. The van der Waals surface area contributed by atoms with E-state index >= 15 is 0 Å². The number of carbonyl (C=O) groups excluding carboxylic acids is 1. The Bertz CT molecular complexity index is 540. The first-order valence-corrected chi connectivity index (χ1v) is 5.92. The molecule has 0 N–H and O–H groups in total. The molecule has 0 aliphatic heterocycles. The minimum absolute atomic E-state index is 0.192. The molecule has 0 fully saturated rings. The summed E-state index contributed by atoms with van der Waals surface area (Å²) < 4.78 is 9.94. The Morgan fingerprint density at radius 2 is 2.32 bits per heavy atom. The molecule has 0 saturated heterocycles. The molecule has 0 unspecified atom stereocenters. The lowest BCUT2D eigenvalue weighted by Crippen LogP contribution is -2.23. The highest BCUT2D eigenvalue weighted by Gasteiger charge is 2.13. The van der Waals surface area contributed by atoms with E-state index in [1.807, 2.05) is 24.0 Å². The van der Waals surface area contributed by atoms with Gasteiger partial charge in [0.15, 0.2) is 5.69 Å². The molecule has 0 aliphatic rings. The zero-order valence-electron chi connectivity index (χ0n) is 10.9. The highest BCUT2D eigenvalue weighted by Crippen LogP contribution is 2.14. The van der Waals surface area contributed by atoms with Gasteiger partial charge in [0.25, 0.3) is 0 Å². The number of methoxy groups -OCH3 is 1. The number of aromatic nitrogens is 2. The third-order valence-corrected chi connectivity index (χ3v) is 2.65. The molecular formula is C13H15N3O3. The first-order valence-electron chi connectivity index (χ1n) is 5.92. The van der Waals surface area contributed by atoms with Gasteiger partial charge < -0.3 is 14.1 Å². The number of ether oxygens (including phenoxy) is 1. The van der Waals surface area contributed by atoms with Crippen molar-refractivity contribution < 1.29 is 13.9 Å². The van der Waals surface area contributed by atoms with Gasteiger partial charge in [-0.25, -0.2) is 9.78 Å². The predicted molar refractivity (Wildman–Crippen MR) is 68.8 cm³/mol. The van der Waals surface area contributed by atoms with Crippen LogP contribution in [0.25, 0.3) is 0 Å². The molecule has 2 heterocycles. The first kappa shape index (κ1) is 13.1. The number of hydrogen-bond acceptors (Lipinski definition) is 6. The summed E-state index contributed by atoms with van der Waals surface area (Å²) >= 11 is 0. The van der Waals surface area contributed by atoms with Gasteiger partial charge in [0.1, 0.15) is 11.6 Å². The van der Waals surface area contributed by atoms with Crippen LogP contribution in [0.4, 0.5) is 5.82 Å². The van der Waals surface area contributed by atoms with Crippen LogP contribution in [-0.2, 0) is 11.3 Å². The highest BCUT2D eigenvalue weighted by atomic mass is 16.5. The molecule has 0 atom stereocenters. The second-order valence-electron chi connectivity index (χ2n) is 3.85. The quantitative estimate of drug-likeness (QED) is 0.765. The van der Waals surface area contributed by atoms with E-state index in [0.29, 0.717) is 12.4 Å². The fourth-order valence-electron chi connectivity index (χ4n) is 1.66. The summed E-state index contributed by atoms with van der Waals surface area (Å²) in [6, 6.07) is 3.72. The number of furan rings is 1. The molecule has 0 aliphatic carbocycles. The second-order valence-corrected chi connectivity index (χ2v) is 3.85. The van der Waals surface area contributed by atoms with Crippen LogP contribution >= 0.6 is 0 Å². The van der Waals surface area contributed by atoms with Crippen molar-refractivity contribution in [2.45, 2.75) is 13.5 Å². The van der Waals surface area contributed by atoms with E-state index in [4.69, 9.17) is 4.42 Å². The van der Waals surface area contributed by atoms with E-state index in [0.717, 1.165) is 12.3 Å². The number of esters is 1.